The van der Waals surface area contributed by atoms with Crippen molar-refractivity contribution < 1.29 is 0 Å². The van der Waals surface area contributed by atoms with Crippen LogP contribution in [0.5, 0.6) is 0 Å². The summed E-state index contributed by atoms with van der Waals surface area (Å²) in [5.74, 6) is 0.781. The van der Waals surface area contributed by atoms with Gasteiger partial charge in [-0.05, 0) is 41.4 Å². The molecule has 0 aliphatic rings. The molecule has 0 saturated carbocycles. The molecule has 0 aliphatic carbocycles. The zero-order valence-corrected chi connectivity index (χ0v) is 15.1. The molecule has 0 aromatic carbocycles. The van der Waals surface area contributed by atoms with Crippen LogP contribution in [0.15, 0.2) is 12.2 Å². The lowest BCUT2D eigenvalue weighted by Crippen LogP contribution is -2.28. The van der Waals surface area contributed by atoms with Crippen molar-refractivity contribution in [3.05, 3.63) is 12.2 Å². The van der Waals surface area contributed by atoms with Gasteiger partial charge in [-0.25, -0.2) is 0 Å². The Kier molecular flexibility index (Phi) is 6.86. The van der Waals surface area contributed by atoms with Crippen molar-refractivity contribution in [2.24, 2.45) is 22.2 Å². The van der Waals surface area contributed by atoms with Crippen molar-refractivity contribution in [2.75, 3.05) is 0 Å². The average molecular weight is 267 g/mol. The predicted octanol–water partition coefficient (Wildman–Crippen LogP) is 6.86. The molecule has 0 radical (unpaired) electrons. The Morgan fingerprint density at radius 3 is 1.68 bits per heavy atom. The van der Waals surface area contributed by atoms with E-state index in [4.69, 9.17) is 0 Å². The monoisotopic (exact) mass is 266 g/mol. The van der Waals surface area contributed by atoms with Crippen LogP contribution < -0.4 is 0 Å². The highest BCUT2D eigenvalue weighted by Crippen LogP contribution is 2.42. The maximum Gasteiger partial charge on any atom is -0.0152 e. The van der Waals surface area contributed by atoms with Crippen LogP contribution in [-0.4, -0.2) is 0 Å². The SMILES string of the molecule is CCC(C)C(C)(C)CC(C)(C)C=CC(C)(CC)CC. The van der Waals surface area contributed by atoms with Gasteiger partial charge in [0, 0.05) is 0 Å². The second-order valence-corrected chi connectivity index (χ2v) is 8.16. The Labute approximate surface area is 123 Å². The van der Waals surface area contributed by atoms with E-state index in [1.807, 2.05) is 0 Å². The molecule has 0 aliphatic heterocycles. The maximum absolute atomic E-state index is 2.48. The van der Waals surface area contributed by atoms with E-state index in [9.17, 15) is 0 Å². The van der Waals surface area contributed by atoms with Gasteiger partial charge >= 0.3 is 0 Å². The second-order valence-electron chi connectivity index (χ2n) is 8.16. The van der Waals surface area contributed by atoms with Crippen LogP contribution in [0.1, 0.15) is 88.0 Å². The normalized spacial score (nSPS) is 16.1. The topological polar surface area (TPSA) is 0 Å². The highest BCUT2D eigenvalue weighted by molar-refractivity contribution is 5.04. The minimum atomic E-state index is 0.290. The lowest BCUT2D eigenvalue weighted by molar-refractivity contribution is 0.151. The summed E-state index contributed by atoms with van der Waals surface area (Å²) < 4.78 is 0. The van der Waals surface area contributed by atoms with Crippen molar-refractivity contribution in [1.82, 2.24) is 0 Å². The zero-order chi connectivity index (χ0) is 15.3. The van der Waals surface area contributed by atoms with Gasteiger partial charge in [0.1, 0.15) is 0 Å². The molecule has 0 nitrogen and oxygen atoms in total. The van der Waals surface area contributed by atoms with Gasteiger partial charge in [0.25, 0.3) is 0 Å². The van der Waals surface area contributed by atoms with E-state index in [0.717, 1.165) is 5.92 Å². The fourth-order valence-corrected chi connectivity index (χ4v) is 2.87. The van der Waals surface area contributed by atoms with Gasteiger partial charge < -0.3 is 0 Å². The minimum Gasteiger partial charge on any atom is -0.0823 e. The average Bonchev–Trinajstić information content (AvgIpc) is 2.33. The highest BCUT2D eigenvalue weighted by atomic mass is 14.4. The van der Waals surface area contributed by atoms with Crippen LogP contribution >= 0.6 is 0 Å². The molecule has 0 spiro atoms. The van der Waals surface area contributed by atoms with Crippen molar-refractivity contribution in [2.45, 2.75) is 88.0 Å². The first-order chi connectivity index (χ1) is 8.52. The number of hydrogen-bond acceptors (Lipinski definition) is 0. The Bertz CT molecular complexity index is 276. The summed E-state index contributed by atoms with van der Waals surface area (Å²) in [6, 6.07) is 0. The lowest BCUT2D eigenvalue weighted by Gasteiger charge is -2.38. The van der Waals surface area contributed by atoms with Crippen molar-refractivity contribution >= 4 is 0 Å². The summed E-state index contributed by atoms with van der Waals surface area (Å²) in [6.07, 6.45) is 9.93. The van der Waals surface area contributed by atoms with Crippen LogP contribution in [0.2, 0.25) is 0 Å². The Morgan fingerprint density at radius 2 is 1.32 bits per heavy atom. The highest BCUT2D eigenvalue weighted by Gasteiger charge is 2.31. The Balaban J connectivity index is 4.86. The standard InChI is InChI=1S/C19H38/c1-10-16(4)18(7,8)15-17(5,6)13-14-19(9,11-2)12-3/h13-14,16H,10-12,15H2,1-9H3. The first-order valence-electron chi connectivity index (χ1n) is 8.22. The van der Waals surface area contributed by atoms with Crippen LogP contribution in [-0.2, 0) is 0 Å². The molecule has 0 heteroatoms. The third-order valence-corrected chi connectivity index (χ3v) is 5.41. The van der Waals surface area contributed by atoms with Crippen LogP contribution in [0, 0.1) is 22.2 Å². The van der Waals surface area contributed by atoms with E-state index in [1.165, 1.54) is 25.7 Å². The van der Waals surface area contributed by atoms with E-state index in [0.29, 0.717) is 16.2 Å². The molecule has 19 heavy (non-hydrogen) atoms. The van der Waals surface area contributed by atoms with E-state index < -0.39 is 0 Å². The summed E-state index contributed by atoms with van der Waals surface area (Å²) in [7, 11) is 0. The zero-order valence-electron chi connectivity index (χ0n) is 15.1. The fraction of sp³-hybridized carbons (Fsp3) is 0.895. The summed E-state index contributed by atoms with van der Waals surface area (Å²) in [6.45, 7) is 21.3. The molecule has 0 amide bonds. The third-order valence-electron chi connectivity index (χ3n) is 5.41. The minimum absolute atomic E-state index is 0.290. The molecule has 0 N–H and O–H groups in total. The molecular formula is C19H38. The first kappa shape index (κ1) is 18.7. The molecule has 0 rings (SSSR count). The van der Waals surface area contributed by atoms with Crippen molar-refractivity contribution in [3.8, 4) is 0 Å². The molecule has 1 unspecified atom stereocenters. The molecule has 1 atom stereocenters. The Morgan fingerprint density at radius 1 is 0.842 bits per heavy atom. The van der Waals surface area contributed by atoms with E-state index in [1.54, 1.807) is 0 Å². The van der Waals surface area contributed by atoms with E-state index >= 15 is 0 Å². The van der Waals surface area contributed by atoms with E-state index in [2.05, 4.69) is 74.5 Å². The van der Waals surface area contributed by atoms with Crippen LogP contribution in [0.25, 0.3) is 0 Å². The smallest absolute Gasteiger partial charge is 0.0152 e. The molecule has 114 valence electrons. The van der Waals surface area contributed by atoms with Crippen LogP contribution in [0.4, 0.5) is 0 Å². The maximum atomic E-state index is 2.48. The van der Waals surface area contributed by atoms with Crippen molar-refractivity contribution in [1.29, 1.82) is 0 Å². The van der Waals surface area contributed by atoms with Crippen molar-refractivity contribution in [3.63, 3.8) is 0 Å². The van der Waals surface area contributed by atoms with E-state index in [-0.39, 0.29) is 0 Å². The second kappa shape index (κ2) is 6.95. The number of hydrogen-bond donors (Lipinski definition) is 0. The van der Waals surface area contributed by atoms with Gasteiger partial charge in [-0.15, -0.1) is 0 Å². The summed E-state index contributed by atoms with van der Waals surface area (Å²) >= 11 is 0. The van der Waals surface area contributed by atoms with Gasteiger partial charge in [-0.3, -0.25) is 0 Å². The lowest BCUT2D eigenvalue weighted by atomic mass is 9.67. The molecule has 0 saturated heterocycles. The summed E-state index contributed by atoms with van der Waals surface area (Å²) in [4.78, 5) is 0. The largest absolute Gasteiger partial charge is 0.0823 e. The summed E-state index contributed by atoms with van der Waals surface area (Å²) in [5.41, 5.74) is 1.08. The van der Waals surface area contributed by atoms with Gasteiger partial charge in [0.2, 0.25) is 0 Å². The van der Waals surface area contributed by atoms with Gasteiger partial charge in [-0.2, -0.15) is 0 Å². The van der Waals surface area contributed by atoms with Crippen LogP contribution in [0.3, 0.4) is 0 Å². The van der Waals surface area contributed by atoms with Gasteiger partial charge in [-0.1, -0.05) is 80.9 Å². The molecule has 0 aromatic rings. The van der Waals surface area contributed by atoms with Gasteiger partial charge in [0.05, 0.1) is 0 Å². The molecular weight excluding hydrogens is 228 g/mol. The Hall–Kier alpha value is -0.260. The molecule has 0 aromatic heterocycles. The molecule has 0 bridgehead atoms. The predicted molar refractivity (Wildman–Crippen MR) is 89.5 cm³/mol. The van der Waals surface area contributed by atoms with Gasteiger partial charge in [0.15, 0.2) is 0 Å². The number of allylic oxidation sites excluding steroid dienone is 2. The number of rotatable bonds is 8. The molecule has 0 heterocycles. The fourth-order valence-electron chi connectivity index (χ4n) is 2.87. The quantitative estimate of drug-likeness (QED) is 0.421. The third kappa shape index (κ3) is 6.15. The molecule has 0 fully saturated rings. The first-order valence-corrected chi connectivity index (χ1v) is 8.22. The summed E-state index contributed by atoms with van der Waals surface area (Å²) in [5, 5.41) is 0.